The van der Waals surface area contributed by atoms with Gasteiger partial charge in [-0.3, -0.25) is 9.59 Å². The van der Waals surface area contributed by atoms with Crippen molar-refractivity contribution in [2.45, 2.75) is 19.4 Å². The van der Waals surface area contributed by atoms with E-state index in [0.717, 1.165) is 5.69 Å². The smallest absolute Gasteiger partial charge is 0.272 e. The maximum absolute atomic E-state index is 12.7. The number of nitriles is 1. The van der Waals surface area contributed by atoms with Crippen LogP contribution in [0.1, 0.15) is 28.2 Å². The van der Waals surface area contributed by atoms with E-state index in [-0.39, 0.29) is 17.5 Å². The molecule has 2 aromatic rings. The molecular weight excluding hydrogens is 316 g/mol. The van der Waals surface area contributed by atoms with Gasteiger partial charge >= 0.3 is 0 Å². The molecule has 0 radical (unpaired) electrons. The number of carbonyl (C=O) groups is 2. The number of para-hydroxylation sites is 1. The van der Waals surface area contributed by atoms with Crippen LogP contribution >= 0.6 is 0 Å². The highest BCUT2D eigenvalue weighted by Crippen LogP contribution is 2.24. The van der Waals surface area contributed by atoms with Gasteiger partial charge < -0.3 is 9.80 Å². The molecule has 2 heterocycles. The zero-order valence-electron chi connectivity index (χ0n) is 14.1. The lowest BCUT2D eigenvalue weighted by atomic mass is 10.1. The molecule has 1 aliphatic rings. The summed E-state index contributed by atoms with van der Waals surface area (Å²) in [5.41, 5.74) is 2.02. The number of anilines is 1. The summed E-state index contributed by atoms with van der Waals surface area (Å²) < 4.78 is 0. The van der Waals surface area contributed by atoms with E-state index in [0.29, 0.717) is 24.2 Å². The summed E-state index contributed by atoms with van der Waals surface area (Å²) >= 11 is 0. The molecule has 0 aliphatic carbocycles. The van der Waals surface area contributed by atoms with Gasteiger partial charge in [0, 0.05) is 19.3 Å². The number of likely N-dealkylation sites (N-methyl/N-ethyl adjacent to an activating group) is 1. The summed E-state index contributed by atoms with van der Waals surface area (Å²) in [5.74, 6) is -0.409. The molecule has 0 N–H and O–H groups in total. The standard InChI is InChI=1S/C19H18N4O2/c1-13-14(12-20)8-9-16(21-13)18(24)22(2)17-10-11-23(19(17)25)15-6-4-3-5-7-15/h3-9,17H,10-11H2,1-2H3. The molecular formula is C19H18N4O2. The number of carbonyl (C=O) groups excluding carboxylic acids is 2. The molecule has 0 saturated carbocycles. The number of pyridine rings is 1. The fourth-order valence-corrected chi connectivity index (χ4v) is 3.01. The minimum atomic E-state index is -0.509. The molecule has 1 unspecified atom stereocenters. The van der Waals surface area contributed by atoms with Crippen molar-refractivity contribution >= 4 is 17.5 Å². The first-order valence-electron chi connectivity index (χ1n) is 8.04. The molecule has 1 aromatic carbocycles. The van der Waals surface area contributed by atoms with Gasteiger partial charge in [0.2, 0.25) is 5.91 Å². The van der Waals surface area contributed by atoms with Crippen LogP contribution in [0.3, 0.4) is 0 Å². The lowest BCUT2D eigenvalue weighted by molar-refractivity contribution is -0.120. The van der Waals surface area contributed by atoms with Gasteiger partial charge in [-0.15, -0.1) is 0 Å². The van der Waals surface area contributed by atoms with Gasteiger partial charge in [0.05, 0.1) is 11.3 Å². The summed E-state index contributed by atoms with van der Waals surface area (Å²) in [6.07, 6.45) is 0.575. The Morgan fingerprint density at radius 3 is 2.64 bits per heavy atom. The minimum absolute atomic E-state index is 0.0904. The van der Waals surface area contributed by atoms with Crippen molar-refractivity contribution in [3.05, 3.63) is 59.4 Å². The Hall–Kier alpha value is -3.20. The number of benzene rings is 1. The van der Waals surface area contributed by atoms with E-state index in [2.05, 4.69) is 4.98 Å². The highest BCUT2D eigenvalue weighted by atomic mass is 16.2. The summed E-state index contributed by atoms with van der Waals surface area (Å²) in [6, 6.07) is 14.1. The fourth-order valence-electron chi connectivity index (χ4n) is 3.01. The number of amides is 2. The third-order valence-corrected chi connectivity index (χ3v) is 4.46. The molecule has 25 heavy (non-hydrogen) atoms. The van der Waals surface area contributed by atoms with Gasteiger partial charge in [0.15, 0.2) is 0 Å². The van der Waals surface area contributed by atoms with Gasteiger partial charge in [-0.05, 0) is 37.6 Å². The number of aryl methyl sites for hydroxylation is 1. The molecule has 0 spiro atoms. The lowest BCUT2D eigenvalue weighted by Gasteiger charge is -2.24. The van der Waals surface area contributed by atoms with E-state index in [1.807, 2.05) is 36.4 Å². The van der Waals surface area contributed by atoms with Crippen molar-refractivity contribution in [2.24, 2.45) is 0 Å². The predicted octanol–water partition coefficient (Wildman–Crippen LogP) is 2.14. The van der Waals surface area contributed by atoms with Crippen LogP contribution in [-0.2, 0) is 4.79 Å². The second-order valence-electron chi connectivity index (χ2n) is 5.99. The minimum Gasteiger partial charge on any atom is -0.328 e. The van der Waals surface area contributed by atoms with E-state index in [1.165, 1.54) is 11.0 Å². The molecule has 1 aromatic heterocycles. The van der Waals surface area contributed by atoms with Crippen LogP contribution in [0.5, 0.6) is 0 Å². The summed E-state index contributed by atoms with van der Waals surface area (Å²) in [6.45, 7) is 2.26. The maximum Gasteiger partial charge on any atom is 0.272 e. The highest BCUT2D eigenvalue weighted by molar-refractivity contribution is 6.03. The Morgan fingerprint density at radius 2 is 2.00 bits per heavy atom. The van der Waals surface area contributed by atoms with Gasteiger partial charge in [0.1, 0.15) is 17.8 Å². The van der Waals surface area contributed by atoms with E-state index < -0.39 is 6.04 Å². The second-order valence-corrected chi connectivity index (χ2v) is 5.99. The van der Waals surface area contributed by atoms with Crippen molar-refractivity contribution in [1.29, 1.82) is 5.26 Å². The van der Waals surface area contributed by atoms with Crippen LogP contribution in [0.15, 0.2) is 42.5 Å². The normalized spacial score (nSPS) is 16.6. The molecule has 126 valence electrons. The quantitative estimate of drug-likeness (QED) is 0.861. The SMILES string of the molecule is Cc1nc(C(=O)N(C)C2CCN(c3ccccc3)C2=O)ccc1C#N. The Bertz CT molecular complexity index is 857. The molecule has 1 aliphatic heterocycles. The first kappa shape index (κ1) is 16.7. The number of aromatic nitrogens is 1. The Kier molecular flexibility index (Phi) is 4.48. The lowest BCUT2D eigenvalue weighted by Crippen LogP contribution is -2.43. The van der Waals surface area contributed by atoms with Crippen LogP contribution in [0.4, 0.5) is 5.69 Å². The number of rotatable bonds is 3. The molecule has 6 heteroatoms. The topological polar surface area (TPSA) is 77.3 Å². The first-order chi connectivity index (χ1) is 12.0. The molecule has 1 atom stereocenters. The average Bonchev–Trinajstić information content (AvgIpc) is 3.02. The average molecular weight is 334 g/mol. The second kappa shape index (κ2) is 6.73. The number of nitrogens with zero attached hydrogens (tertiary/aromatic N) is 4. The van der Waals surface area contributed by atoms with Crippen LogP contribution in [-0.4, -0.2) is 41.3 Å². The van der Waals surface area contributed by atoms with Crippen molar-refractivity contribution < 1.29 is 9.59 Å². The third-order valence-electron chi connectivity index (χ3n) is 4.46. The zero-order chi connectivity index (χ0) is 18.0. The highest BCUT2D eigenvalue weighted by Gasteiger charge is 2.37. The third kappa shape index (κ3) is 3.09. The molecule has 6 nitrogen and oxygen atoms in total. The predicted molar refractivity (Wildman–Crippen MR) is 93.0 cm³/mol. The first-order valence-corrected chi connectivity index (χ1v) is 8.04. The van der Waals surface area contributed by atoms with Crippen LogP contribution < -0.4 is 4.90 Å². The van der Waals surface area contributed by atoms with Gasteiger partial charge in [-0.25, -0.2) is 4.98 Å². The van der Waals surface area contributed by atoms with Crippen LogP contribution in [0, 0.1) is 18.3 Å². The van der Waals surface area contributed by atoms with Gasteiger partial charge in [-0.2, -0.15) is 5.26 Å². The Labute approximate surface area is 146 Å². The molecule has 2 amide bonds. The van der Waals surface area contributed by atoms with Crippen molar-refractivity contribution in [1.82, 2.24) is 9.88 Å². The van der Waals surface area contributed by atoms with Crippen molar-refractivity contribution in [3.8, 4) is 6.07 Å². The summed E-state index contributed by atoms with van der Waals surface area (Å²) in [7, 11) is 1.62. The molecule has 1 fully saturated rings. The summed E-state index contributed by atoms with van der Waals surface area (Å²) in [5, 5.41) is 8.97. The molecule has 0 bridgehead atoms. The van der Waals surface area contributed by atoms with E-state index >= 15 is 0 Å². The Balaban J connectivity index is 1.78. The van der Waals surface area contributed by atoms with Gasteiger partial charge in [0.25, 0.3) is 5.91 Å². The van der Waals surface area contributed by atoms with E-state index in [9.17, 15) is 9.59 Å². The van der Waals surface area contributed by atoms with Crippen LogP contribution in [0.25, 0.3) is 0 Å². The van der Waals surface area contributed by atoms with E-state index in [4.69, 9.17) is 5.26 Å². The Morgan fingerprint density at radius 1 is 1.28 bits per heavy atom. The fraction of sp³-hybridized carbons (Fsp3) is 0.263. The maximum atomic E-state index is 12.7. The van der Waals surface area contributed by atoms with E-state index in [1.54, 1.807) is 24.9 Å². The van der Waals surface area contributed by atoms with Crippen molar-refractivity contribution in [2.75, 3.05) is 18.5 Å². The molecule has 1 saturated heterocycles. The zero-order valence-corrected chi connectivity index (χ0v) is 14.1. The number of hydrogen-bond donors (Lipinski definition) is 0. The van der Waals surface area contributed by atoms with Crippen molar-refractivity contribution in [3.63, 3.8) is 0 Å². The monoisotopic (exact) mass is 334 g/mol. The molecule has 3 rings (SSSR count). The van der Waals surface area contributed by atoms with Gasteiger partial charge in [-0.1, -0.05) is 18.2 Å². The van der Waals surface area contributed by atoms with Crippen LogP contribution in [0.2, 0.25) is 0 Å². The summed E-state index contributed by atoms with van der Waals surface area (Å²) in [4.78, 5) is 32.7. The number of hydrogen-bond acceptors (Lipinski definition) is 4. The largest absolute Gasteiger partial charge is 0.328 e.